The molecule has 0 aliphatic carbocycles. The van der Waals surface area contributed by atoms with E-state index in [-0.39, 0.29) is 17.0 Å². The molecule has 0 amide bonds. The number of ether oxygens (including phenoxy) is 1. The Hall–Kier alpha value is -1.96. The van der Waals surface area contributed by atoms with Crippen molar-refractivity contribution in [3.8, 4) is 5.75 Å². The van der Waals surface area contributed by atoms with E-state index in [1.165, 1.54) is 13.2 Å². The van der Waals surface area contributed by atoms with Crippen molar-refractivity contribution >= 4 is 34.0 Å². The molecule has 0 unspecified atom stereocenters. The third-order valence-corrected chi connectivity index (χ3v) is 2.84. The summed E-state index contributed by atoms with van der Waals surface area (Å²) in [4.78, 5) is 10.7. The summed E-state index contributed by atoms with van der Waals surface area (Å²) in [5, 5.41) is 25.5. The van der Waals surface area contributed by atoms with Crippen LogP contribution in [0.2, 0.25) is 0 Å². The molecule has 0 aliphatic heterocycles. The molecule has 0 atom stereocenters. The molecule has 0 radical (unpaired) electrons. The van der Waals surface area contributed by atoms with Crippen molar-refractivity contribution in [3.63, 3.8) is 0 Å². The molecular weight excluding hydrogens is 342 g/mol. The zero-order valence-electron chi connectivity index (χ0n) is 12.7. The summed E-state index contributed by atoms with van der Waals surface area (Å²) in [6, 6.07) is 1.45. The Labute approximate surface area is 132 Å². The number of methoxy groups -OCH3 is 1. The second-order valence-electron chi connectivity index (χ2n) is 2.82. The van der Waals surface area contributed by atoms with Crippen LogP contribution in [0.5, 0.6) is 5.75 Å². The molecule has 0 aliphatic rings. The minimum Gasteiger partial charge on any atom is -0.494 e. The first-order chi connectivity index (χ1) is 10.2. The van der Waals surface area contributed by atoms with Gasteiger partial charge in [-0.1, -0.05) is 38.0 Å². The van der Waals surface area contributed by atoms with Gasteiger partial charge in [-0.25, -0.2) is 0 Å². The van der Waals surface area contributed by atoms with Crippen molar-refractivity contribution in [1.29, 1.82) is 0 Å². The van der Waals surface area contributed by atoms with Crippen LogP contribution < -0.4 is 4.74 Å². The molecule has 1 aromatic carbocycles. The zero-order valence-corrected chi connectivity index (χ0v) is 14.2. The maximum atomic E-state index is 10.7. The van der Waals surface area contributed by atoms with Gasteiger partial charge in [0.1, 0.15) is 5.75 Å². The Kier molecular flexibility index (Phi) is 13.3. The predicted octanol–water partition coefficient (Wildman–Crippen LogP) is 4.52. The molecule has 8 heteroatoms. The van der Waals surface area contributed by atoms with Crippen molar-refractivity contribution in [2.45, 2.75) is 27.7 Å². The number of rotatable bonds is 4. The van der Waals surface area contributed by atoms with Crippen molar-refractivity contribution in [1.82, 2.24) is 0 Å². The summed E-state index contributed by atoms with van der Waals surface area (Å²) in [6.45, 7) is 8.00. The van der Waals surface area contributed by atoms with Gasteiger partial charge in [0, 0.05) is 15.6 Å². The van der Waals surface area contributed by atoms with E-state index in [0.717, 1.165) is 12.4 Å². The van der Waals surface area contributed by atoms with Gasteiger partial charge in [0.25, 0.3) is 0 Å². The van der Waals surface area contributed by atoms with Gasteiger partial charge in [0.15, 0.2) is 5.69 Å². The topological polar surface area (TPSA) is 104 Å². The minimum absolute atomic E-state index is 0.0211. The van der Waals surface area contributed by atoms with Crippen LogP contribution in [-0.2, 0) is 0 Å². The van der Waals surface area contributed by atoms with E-state index >= 15 is 0 Å². The standard InChI is InChI=1S/C9H8BrN3O4.2C2H6/c1-17-7-2-5(3-11-14)8(10)6(4-12-15)9(7)13-16;2*1-2/h2-4,14-15H,1H3;2*1-2H3/b11-3+,12-4+;;. The molecule has 1 aromatic rings. The third-order valence-electron chi connectivity index (χ3n) is 1.96. The molecule has 0 bridgehead atoms. The van der Waals surface area contributed by atoms with Crippen LogP contribution in [0.4, 0.5) is 5.69 Å². The van der Waals surface area contributed by atoms with E-state index in [1.54, 1.807) is 0 Å². The normalized spacial score (nSPS) is 9.62. The Bertz CT molecular complexity index is 491. The summed E-state index contributed by atoms with van der Waals surface area (Å²) in [6.07, 6.45) is 2.16. The maximum Gasteiger partial charge on any atom is 0.159 e. The number of nitroso groups, excluding NO2 is 1. The lowest BCUT2D eigenvalue weighted by Gasteiger charge is -2.09. The van der Waals surface area contributed by atoms with Gasteiger partial charge in [0.2, 0.25) is 0 Å². The highest BCUT2D eigenvalue weighted by Crippen LogP contribution is 2.37. The van der Waals surface area contributed by atoms with Gasteiger partial charge in [-0.15, -0.1) is 4.91 Å². The highest BCUT2D eigenvalue weighted by molar-refractivity contribution is 9.10. The maximum absolute atomic E-state index is 10.7. The van der Waals surface area contributed by atoms with Gasteiger partial charge in [-0.3, -0.25) is 0 Å². The van der Waals surface area contributed by atoms with E-state index < -0.39 is 0 Å². The number of oxime groups is 2. The Morgan fingerprint density at radius 3 is 2.05 bits per heavy atom. The number of benzene rings is 1. The van der Waals surface area contributed by atoms with E-state index in [1.807, 2.05) is 27.7 Å². The molecule has 0 fully saturated rings. The number of nitrogens with zero attached hydrogens (tertiary/aromatic N) is 3. The molecule has 1 rings (SSSR count). The monoisotopic (exact) mass is 361 g/mol. The fraction of sp³-hybridized carbons (Fsp3) is 0.385. The first-order valence-electron chi connectivity index (χ1n) is 6.28. The van der Waals surface area contributed by atoms with E-state index in [0.29, 0.717) is 10.0 Å². The third kappa shape index (κ3) is 5.90. The quantitative estimate of drug-likeness (QED) is 0.355. The molecule has 0 saturated heterocycles. The van der Waals surface area contributed by atoms with Gasteiger partial charge >= 0.3 is 0 Å². The summed E-state index contributed by atoms with van der Waals surface area (Å²) in [7, 11) is 1.36. The molecule has 0 saturated carbocycles. The molecule has 0 aromatic heterocycles. The highest BCUT2D eigenvalue weighted by Gasteiger charge is 2.16. The van der Waals surface area contributed by atoms with Crippen LogP contribution >= 0.6 is 15.9 Å². The predicted molar refractivity (Wildman–Crippen MR) is 87.6 cm³/mol. The Morgan fingerprint density at radius 2 is 1.67 bits per heavy atom. The number of hydrogen-bond acceptors (Lipinski definition) is 7. The Balaban J connectivity index is 0. The summed E-state index contributed by atoms with van der Waals surface area (Å²) >= 11 is 3.18. The second-order valence-corrected chi connectivity index (χ2v) is 3.62. The largest absolute Gasteiger partial charge is 0.494 e. The van der Waals surface area contributed by atoms with Crippen molar-refractivity contribution in [2.75, 3.05) is 7.11 Å². The summed E-state index contributed by atoms with van der Waals surface area (Å²) in [5.41, 5.74) is 0.635. The Morgan fingerprint density at radius 1 is 1.14 bits per heavy atom. The SMILES string of the molecule is CC.CC.COc1cc(/C=N/O)c(Br)c(/C=N/O)c1N=O. The fourth-order valence-electron chi connectivity index (χ4n) is 1.25. The first-order valence-corrected chi connectivity index (χ1v) is 7.07. The van der Waals surface area contributed by atoms with Crippen LogP contribution in [0.25, 0.3) is 0 Å². The second kappa shape index (κ2) is 13.0. The smallest absolute Gasteiger partial charge is 0.159 e. The average molecular weight is 362 g/mol. The molecular formula is C13H20BrN3O4. The molecule has 0 spiro atoms. The van der Waals surface area contributed by atoms with Crippen molar-refractivity contribution in [3.05, 3.63) is 26.6 Å². The average Bonchev–Trinajstić information content (AvgIpc) is 2.55. The van der Waals surface area contributed by atoms with Gasteiger partial charge in [0.05, 0.1) is 19.5 Å². The number of hydrogen-bond donors (Lipinski definition) is 2. The van der Waals surface area contributed by atoms with Crippen molar-refractivity contribution < 1.29 is 15.2 Å². The van der Waals surface area contributed by atoms with Gasteiger partial charge in [-0.05, 0) is 27.2 Å². The summed E-state index contributed by atoms with van der Waals surface area (Å²) in [5.74, 6) is 0.174. The zero-order chi connectivity index (χ0) is 16.8. The fourth-order valence-corrected chi connectivity index (χ4v) is 1.75. The molecule has 2 N–H and O–H groups in total. The van der Waals surface area contributed by atoms with E-state index in [9.17, 15) is 4.91 Å². The van der Waals surface area contributed by atoms with E-state index in [2.05, 4.69) is 31.4 Å². The molecule has 21 heavy (non-hydrogen) atoms. The van der Waals surface area contributed by atoms with Gasteiger partial charge in [-0.2, -0.15) is 0 Å². The van der Waals surface area contributed by atoms with Crippen LogP contribution in [0.15, 0.2) is 26.0 Å². The van der Waals surface area contributed by atoms with Gasteiger partial charge < -0.3 is 15.2 Å². The highest BCUT2D eigenvalue weighted by atomic mass is 79.9. The van der Waals surface area contributed by atoms with Crippen LogP contribution in [0.3, 0.4) is 0 Å². The van der Waals surface area contributed by atoms with E-state index in [4.69, 9.17) is 15.2 Å². The van der Waals surface area contributed by atoms with Crippen molar-refractivity contribution in [2.24, 2.45) is 15.5 Å². The lowest BCUT2D eigenvalue weighted by molar-refractivity contribution is 0.322. The minimum atomic E-state index is -0.0211. The number of halogens is 1. The first kappa shape index (κ1) is 21.3. The van der Waals surface area contributed by atoms with Crippen LogP contribution in [0.1, 0.15) is 38.8 Å². The summed E-state index contributed by atoms with van der Waals surface area (Å²) < 4.78 is 5.36. The molecule has 7 nitrogen and oxygen atoms in total. The molecule has 0 heterocycles. The van der Waals surface area contributed by atoms with Crippen LogP contribution in [-0.4, -0.2) is 30.0 Å². The lowest BCUT2D eigenvalue weighted by Crippen LogP contribution is -1.96. The molecule has 118 valence electrons. The van der Waals surface area contributed by atoms with Crippen LogP contribution in [0, 0.1) is 4.91 Å². The lowest BCUT2D eigenvalue weighted by atomic mass is 10.1.